The summed E-state index contributed by atoms with van der Waals surface area (Å²) < 4.78 is 42.2. The Kier molecular flexibility index (Phi) is 8.52. The summed E-state index contributed by atoms with van der Waals surface area (Å²) in [4.78, 5) is 12.1. The van der Waals surface area contributed by atoms with E-state index in [1.807, 2.05) is 0 Å². The van der Waals surface area contributed by atoms with Gasteiger partial charge in [-0.3, -0.25) is 10.1 Å². The number of hydrogen-bond acceptors (Lipinski definition) is 5. The summed E-state index contributed by atoms with van der Waals surface area (Å²) in [7, 11) is 3.11. The van der Waals surface area contributed by atoms with Gasteiger partial charge in [0, 0.05) is 13.5 Å². The number of methoxy groups -OCH3 is 2. The second-order valence-corrected chi connectivity index (χ2v) is 5.98. The number of benzene rings is 1. The number of halogens is 3. The quantitative estimate of drug-likeness (QED) is 0.662. The van der Waals surface area contributed by atoms with Crippen LogP contribution < -0.4 is 20.1 Å². The van der Waals surface area contributed by atoms with E-state index in [-0.39, 0.29) is 18.4 Å². The first kappa shape index (κ1) is 22.4. The highest BCUT2D eigenvalue weighted by molar-refractivity contribution is 5.85. The topological polar surface area (TPSA) is 68.8 Å². The molecule has 0 bridgehead atoms. The third kappa shape index (κ3) is 5.96. The zero-order valence-corrected chi connectivity index (χ0v) is 15.8. The minimum Gasteiger partial charge on any atom is -0.493 e. The molecule has 1 amide bonds. The Morgan fingerprint density at radius 1 is 1.35 bits per heavy atom. The molecule has 0 radical (unpaired) electrons. The maximum atomic E-state index is 13.2. The largest absolute Gasteiger partial charge is 0.493 e. The molecule has 0 aromatic heterocycles. The molecule has 2 rings (SSSR count). The molecule has 1 aromatic rings. The van der Waals surface area contributed by atoms with Gasteiger partial charge in [-0.15, -0.1) is 12.4 Å². The molecule has 1 heterocycles. The number of nitrogens with one attached hydrogen (secondary N) is 2. The lowest BCUT2D eigenvalue weighted by Gasteiger charge is -2.19. The molecule has 1 aromatic carbocycles. The van der Waals surface area contributed by atoms with Gasteiger partial charge in [-0.05, 0) is 24.6 Å². The number of hydrogen-bond donors (Lipinski definition) is 2. The van der Waals surface area contributed by atoms with Crippen molar-refractivity contribution in [1.82, 2.24) is 10.6 Å². The van der Waals surface area contributed by atoms with Crippen molar-refractivity contribution in [3.05, 3.63) is 23.8 Å². The van der Waals surface area contributed by atoms with E-state index >= 15 is 0 Å². The predicted octanol–water partition coefficient (Wildman–Crippen LogP) is 2.32. The molecule has 6 nitrogen and oxygen atoms in total. The van der Waals surface area contributed by atoms with Gasteiger partial charge in [-0.2, -0.15) is 0 Å². The van der Waals surface area contributed by atoms with Gasteiger partial charge < -0.3 is 19.5 Å². The van der Waals surface area contributed by atoms with Gasteiger partial charge in [-0.25, -0.2) is 8.78 Å². The molecule has 148 valence electrons. The lowest BCUT2D eigenvalue weighted by Crippen LogP contribution is -2.41. The molecule has 9 heteroatoms. The average molecular weight is 395 g/mol. The van der Waals surface area contributed by atoms with Crippen LogP contribution in [0.4, 0.5) is 8.78 Å². The van der Waals surface area contributed by atoms with Gasteiger partial charge in [0.15, 0.2) is 11.5 Å². The van der Waals surface area contributed by atoms with Crippen molar-refractivity contribution in [1.29, 1.82) is 0 Å². The van der Waals surface area contributed by atoms with E-state index in [0.29, 0.717) is 24.7 Å². The smallest absolute Gasteiger partial charge is 0.262 e. The Balaban J connectivity index is 0.00000338. The van der Waals surface area contributed by atoms with Crippen molar-refractivity contribution < 1.29 is 27.8 Å². The summed E-state index contributed by atoms with van der Waals surface area (Å²) in [5, 5.41) is 5.29. The van der Waals surface area contributed by atoms with Crippen LogP contribution in [0.5, 0.6) is 11.5 Å². The van der Waals surface area contributed by atoms with Crippen LogP contribution in [-0.4, -0.2) is 51.8 Å². The summed E-state index contributed by atoms with van der Waals surface area (Å²) in [5.41, 5.74) is 0.786. The fraction of sp³-hybridized carbons (Fsp3) is 0.588. The molecule has 1 saturated heterocycles. The molecule has 2 N–H and O–H groups in total. The van der Waals surface area contributed by atoms with Gasteiger partial charge in [0.05, 0.1) is 32.3 Å². The van der Waals surface area contributed by atoms with Gasteiger partial charge in [0.25, 0.3) is 5.92 Å². The first-order valence-corrected chi connectivity index (χ1v) is 8.07. The predicted molar refractivity (Wildman–Crippen MR) is 95.5 cm³/mol. The third-order valence-corrected chi connectivity index (χ3v) is 4.02. The van der Waals surface area contributed by atoms with Crippen molar-refractivity contribution in [2.24, 2.45) is 0 Å². The van der Waals surface area contributed by atoms with Crippen molar-refractivity contribution >= 4 is 18.3 Å². The SMILES string of the molecule is COCCOc1ccc(C(C)NC(=O)C2CC(F)(F)CN2)cc1OC.Cl. The van der Waals surface area contributed by atoms with Crippen molar-refractivity contribution in [2.45, 2.75) is 31.4 Å². The standard InChI is InChI=1S/C17H24F2N2O4.ClH/c1-11(21-16(22)13-9-17(18,19)10-20-13)12-4-5-14(15(8-12)24-3)25-7-6-23-2;/h4-5,8,11,13,20H,6-7,9-10H2,1-3H3,(H,21,22);1H. The van der Waals surface area contributed by atoms with E-state index in [1.54, 1.807) is 32.2 Å². The highest BCUT2D eigenvalue weighted by Crippen LogP contribution is 2.31. The molecular formula is C17H25ClF2N2O4. The summed E-state index contributed by atoms with van der Waals surface area (Å²) in [5.74, 6) is -2.18. The van der Waals surface area contributed by atoms with Crippen molar-refractivity contribution in [3.8, 4) is 11.5 Å². The molecule has 1 fully saturated rings. The molecule has 1 aliphatic heterocycles. The van der Waals surface area contributed by atoms with E-state index in [0.717, 1.165) is 5.56 Å². The van der Waals surface area contributed by atoms with Gasteiger partial charge in [-0.1, -0.05) is 6.07 Å². The summed E-state index contributed by atoms with van der Waals surface area (Å²) in [6, 6.07) is 4.06. The molecule has 2 atom stereocenters. The second-order valence-electron chi connectivity index (χ2n) is 5.98. The zero-order chi connectivity index (χ0) is 18.4. The van der Waals surface area contributed by atoms with Crippen LogP contribution in [0.3, 0.4) is 0 Å². The highest BCUT2D eigenvalue weighted by Gasteiger charge is 2.42. The summed E-state index contributed by atoms with van der Waals surface area (Å²) in [6.07, 6.45) is -0.485. The number of alkyl halides is 2. The number of amides is 1. The van der Waals surface area contributed by atoms with E-state index in [4.69, 9.17) is 14.2 Å². The summed E-state index contributed by atoms with van der Waals surface area (Å²) in [6.45, 7) is 2.16. The van der Waals surface area contributed by atoms with Crippen LogP contribution in [0, 0.1) is 0 Å². The third-order valence-electron chi connectivity index (χ3n) is 4.02. The van der Waals surface area contributed by atoms with Gasteiger partial charge >= 0.3 is 0 Å². The molecule has 26 heavy (non-hydrogen) atoms. The maximum absolute atomic E-state index is 13.2. The molecule has 1 aliphatic rings. The maximum Gasteiger partial charge on any atom is 0.262 e. The first-order valence-electron chi connectivity index (χ1n) is 8.07. The zero-order valence-electron chi connectivity index (χ0n) is 15.0. The monoisotopic (exact) mass is 394 g/mol. The number of carbonyl (C=O) groups excluding carboxylic acids is 1. The molecule has 0 aliphatic carbocycles. The number of rotatable bonds is 8. The summed E-state index contributed by atoms with van der Waals surface area (Å²) >= 11 is 0. The van der Waals surface area contributed by atoms with Gasteiger partial charge in [0.1, 0.15) is 6.61 Å². The van der Waals surface area contributed by atoms with Crippen LogP contribution in [0.2, 0.25) is 0 Å². The van der Waals surface area contributed by atoms with Crippen LogP contribution in [-0.2, 0) is 9.53 Å². The Morgan fingerprint density at radius 3 is 2.65 bits per heavy atom. The van der Waals surface area contributed by atoms with E-state index < -0.39 is 30.8 Å². The Bertz CT molecular complexity index is 604. The Labute approximate surface area is 158 Å². The van der Waals surface area contributed by atoms with E-state index in [2.05, 4.69) is 10.6 Å². The van der Waals surface area contributed by atoms with Crippen molar-refractivity contribution in [2.75, 3.05) is 34.0 Å². The Morgan fingerprint density at radius 2 is 2.08 bits per heavy atom. The highest BCUT2D eigenvalue weighted by atomic mass is 35.5. The minimum absolute atomic E-state index is 0. The lowest BCUT2D eigenvalue weighted by molar-refractivity contribution is -0.124. The van der Waals surface area contributed by atoms with Crippen LogP contribution in [0.15, 0.2) is 18.2 Å². The van der Waals surface area contributed by atoms with Gasteiger partial charge in [0.2, 0.25) is 5.91 Å². The minimum atomic E-state index is -2.84. The Hall–Kier alpha value is -1.64. The number of carbonyl (C=O) groups is 1. The molecule has 0 spiro atoms. The first-order chi connectivity index (χ1) is 11.9. The van der Waals surface area contributed by atoms with Crippen LogP contribution in [0.25, 0.3) is 0 Å². The fourth-order valence-electron chi connectivity index (χ4n) is 2.61. The fourth-order valence-corrected chi connectivity index (χ4v) is 2.61. The normalized spacial score (nSPS) is 19.3. The second kappa shape index (κ2) is 9.89. The molecule has 2 unspecified atom stereocenters. The van der Waals surface area contributed by atoms with E-state index in [1.165, 1.54) is 7.11 Å². The molecular weight excluding hydrogens is 370 g/mol. The lowest BCUT2D eigenvalue weighted by atomic mass is 10.1. The average Bonchev–Trinajstić information content (AvgIpc) is 2.95. The van der Waals surface area contributed by atoms with Crippen LogP contribution >= 0.6 is 12.4 Å². The van der Waals surface area contributed by atoms with Crippen LogP contribution in [0.1, 0.15) is 24.9 Å². The van der Waals surface area contributed by atoms with E-state index in [9.17, 15) is 13.6 Å². The van der Waals surface area contributed by atoms with Crippen molar-refractivity contribution in [3.63, 3.8) is 0 Å². The molecule has 0 saturated carbocycles. The number of ether oxygens (including phenoxy) is 3.